The first-order valence-corrected chi connectivity index (χ1v) is 6.88. The van der Waals surface area contributed by atoms with Gasteiger partial charge in [-0.15, -0.1) is 0 Å². The topological polar surface area (TPSA) is 15.6 Å². The highest BCUT2D eigenvalue weighted by atomic mass is 15.2. The van der Waals surface area contributed by atoms with Gasteiger partial charge in [0.15, 0.2) is 0 Å². The SMILES string of the molecule is C=CN=C(/C=C(\C)N1CC[C@H](C)C1)c1ccccc1. The molecule has 0 spiro atoms. The van der Waals surface area contributed by atoms with E-state index in [1.807, 2.05) is 18.2 Å². The van der Waals surface area contributed by atoms with Gasteiger partial charge in [0.1, 0.15) is 0 Å². The predicted molar refractivity (Wildman–Crippen MR) is 82.3 cm³/mol. The third-order valence-electron chi connectivity index (χ3n) is 3.57. The lowest BCUT2D eigenvalue weighted by Gasteiger charge is -2.19. The Morgan fingerprint density at radius 1 is 1.37 bits per heavy atom. The van der Waals surface area contributed by atoms with Crippen LogP contribution in [-0.4, -0.2) is 23.7 Å². The quantitative estimate of drug-likeness (QED) is 0.745. The zero-order valence-corrected chi connectivity index (χ0v) is 11.8. The molecule has 0 N–H and O–H groups in total. The molecule has 2 nitrogen and oxygen atoms in total. The smallest absolute Gasteiger partial charge is 0.0718 e. The van der Waals surface area contributed by atoms with Crippen LogP contribution in [0.5, 0.6) is 0 Å². The maximum atomic E-state index is 4.40. The fourth-order valence-corrected chi connectivity index (χ4v) is 2.45. The van der Waals surface area contributed by atoms with Crippen molar-refractivity contribution in [1.82, 2.24) is 4.90 Å². The zero-order chi connectivity index (χ0) is 13.7. The van der Waals surface area contributed by atoms with Crippen molar-refractivity contribution in [3.05, 3.63) is 60.4 Å². The van der Waals surface area contributed by atoms with Gasteiger partial charge in [0.05, 0.1) is 5.71 Å². The molecule has 1 aliphatic heterocycles. The first-order valence-electron chi connectivity index (χ1n) is 6.88. The van der Waals surface area contributed by atoms with Crippen molar-refractivity contribution in [2.24, 2.45) is 10.9 Å². The second-order valence-corrected chi connectivity index (χ2v) is 5.19. The van der Waals surface area contributed by atoms with Crippen LogP contribution in [0.1, 0.15) is 25.8 Å². The molecule has 1 saturated heterocycles. The lowest BCUT2D eigenvalue weighted by molar-refractivity contribution is 0.412. The Labute approximate surface area is 116 Å². The van der Waals surface area contributed by atoms with E-state index in [9.17, 15) is 0 Å². The number of allylic oxidation sites excluding steroid dienone is 2. The summed E-state index contributed by atoms with van der Waals surface area (Å²) in [6.45, 7) is 10.5. The molecule has 1 aromatic rings. The Kier molecular flexibility index (Phi) is 4.56. The molecule has 0 radical (unpaired) electrons. The van der Waals surface area contributed by atoms with Crippen LogP contribution in [-0.2, 0) is 0 Å². The van der Waals surface area contributed by atoms with Crippen LogP contribution in [0.4, 0.5) is 0 Å². The van der Waals surface area contributed by atoms with Gasteiger partial charge in [-0.2, -0.15) is 0 Å². The molecule has 1 atom stereocenters. The largest absolute Gasteiger partial charge is 0.375 e. The summed E-state index contributed by atoms with van der Waals surface area (Å²) in [6, 6.07) is 10.3. The van der Waals surface area contributed by atoms with E-state index in [-0.39, 0.29) is 0 Å². The summed E-state index contributed by atoms with van der Waals surface area (Å²) in [6.07, 6.45) is 5.05. The van der Waals surface area contributed by atoms with Gasteiger partial charge < -0.3 is 4.90 Å². The van der Waals surface area contributed by atoms with Gasteiger partial charge in [-0.05, 0) is 25.3 Å². The van der Waals surface area contributed by atoms with Crippen molar-refractivity contribution in [1.29, 1.82) is 0 Å². The summed E-state index contributed by atoms with van der Waals surface area (Å²) in [4.78, 5) is 6.84. The molecular weight excluding hydrogens is 232 g/mol. The highest BCUT2D eigenvalue weighted by molar-refractivity contribution is 6.09. The number of hydrogen-bond donors (Lipinski definition) is 0. The Morgan fingerprint density at radius 2 is 2.11 bits per heavy atom. The van der Waals surface area contributed by atoms with E-state index >= 15 is 0 Å². The molecular formula is C17H22N2. The summed E-state index contributed by atoms with van der Waals surface area (Å²) in [5, 5.41) is 0. The van der Waals surface area contributed by atoms with Gasteiger partial charge in [0.2, 0.25) is 0 Å². The van der Waals surface area contributed by atoms with Crippen LogP contribution in [0.2, 0.25) is 0 Å². The van der Waals surface area contributed by atoms with Gasteiger partial charge in [-0.1, -0.05) is 43.8 Å². The van der Waals surface area contributed by atoms with E-state index in [0.29, 0.717) is 0 Å². The fourth-order valence-electron chi connectivity index (χ4n) is 2.45. The minimum atomic E-state index is 0.792. The molecule has 0 amide bonds. The Morgan fingerprint density at radius 3 is 2.68 bits per heavy atom. The molecule has 0 unspecified atom stereocenters. The number of nitrogens with zero attached hydrogens (tertiary/aromatic N) is 2. The molecule has 19 heavy (non-hydrogen) atoms. The molecule has 0 aromatic heterocycles. The van der Waals surface area contributed by atoms with Gasteiger partial charge >= 0.3 is 0 Å². The van der Waals surface area contributed by atoms with Crippen molar-refractivity contribution < 1.29 is 0 Å². The monoisotopic (exact) mass is 254 g/mol. The molecule has 1 aromatic carbocycles. The van der Waals surface area contributed by atoms with Gasteiger partial charge in [-0.3, -0.25) is 4.99 Å². The molecule has 2 rings (SSSR count). The van der Waals surface area contributed by atoms with E-state index in [1.165, 1.54) is 12.1 Å². The number of aliphatic imine (C=N–C) groups is 1. The van der Waals surface area contributed by atoms with Crippen molar-refractivity contribution in [3.8, 4) is 0 Å². The van der Waals surface area contributed by atoms with E-state index in [1.54, 1.807) is 6.20 Å². The minimum Gasteiger partial charge on any atom is -0.375 e. The zero-order valence-electron chi connectivity index (χ0n) is 11.8. The summed E-state index contributed by atoms with van der Waals surface area (Å²) in [5.41, 5.74) is 3.40. The third-order valence-corrected chi connectivity index (χ3v) is 3.57. The Balaban J connectivity index is 2.21. The Hall–Kier alpha value is -1.83. The standard InChI is InChI=1S/C17H22N2/c1-4-18-17(16-8-6-5-7-9-16)12-15(3)19-11-10-14(2)13-19/h4-9,12,14H,1,10-11,13H2,2-3H3/b15-12+,18-17?/t14-/m0/s1. The maximum absolute atomic E-state index is 4.40. The normalized spacial score (nSPS) is 20.7. The lowest BCUT2D eigenvalue weighted by Crippen LogP contribution is -2.19. The Bertz CT molecular complexity index is 485. The molecule has 0 bridgehead atoms. The van der Waals surface area contributed by atoms with Gasteiger partial charge in [0, 0.05) is 30.5 Å². The van der Waals surface area contributed by atoms with Crippen LogP contribution in [0.25, 0.3) is 0 Å². The summed E-state index contributed by atoms with van der Waals surface area (Å²) >= 11 is 0. The summed E-state index contributed by atoms with van der Waals surface area (Å²) in [5.74, 6) is 0.792. The molecule has 100 valence electrons. The van der Waals surface area contributed by atoms with Crippen LogP contribution in [0.15, 0.2) is 59.9 Å². The van der Waals surface area contributed by atoms with Crippen molar-refractivity contribution in [2.75, 3.05) is 13.1 Å². The number of likely N-dealkylation sites (tertiary alicyclic amines) is 1. The number of hydrogen-bond acceptors (Lipinski definition) is 2. The maximum Gasteiger partial charge on any atom is 0.0718 e. The van der Waals surface area contributed by atoms with Crippen LogP contribution in [0.3, 0.4) is 0 Å². The van der Waals surface area contributed by atoms with Gasteiger partial charge in [0.25, 0.3) is 0 Å². The molecule has 0 saturated carbocycles. The molecule has 1 fully saturated rings. The molecule has 1 aliphatic rings. The summed E-state index contributed by atoms with van der Waals surface area (Å²) < 4.78 is 0. The lowest BCUT2D eigenvalue weighted by atomic mass is 10.1. The molecule has 1 heterocycles. The van der Waals surface area contributed by atoms with Crippen molar-refractivity contribution in [2.45, 2.75) is 20.3 Å². The van der Waals surface area contributed by atoms with E-state index in [4.69, 9.17) is 0 Å². The van der Waals surface area contributed by atoms with E-state index < -0.39 is 0 Å². The first-order chi connectivity index (χ1) is 9.20. The van der Waals surface area contributed by atoms with Crippen LogP contribution < -0.4 is 0 Å². The highest BCUT2D eigenvalue weighted by Crippen LogP contribution is 2.20. The average Bonchev–Trinajstić information content (AvgIpc) is 2.86. The van der Waals surface area contributed by atoms with Crippen LogP contribution in [0, 0.1) is 5.92 Å². The van der Waals surface area contributed by atoms with Crippen molar-refractivity contribution >= 4 is 5.71 Å². The first kappa shape index (κ1) is 13.6. The van der Waals surface area contributed by atoms with Gasteiger partial charge in [-0.25, -0.2) is 0 Å². The van der Waals surface area contributed by atoms with E-state index in [0.717, 1.165) is 30.3 Å². The molecule has 2 heteroatoms. The van der Waals surface area contributed by atoms with Crippen molar-refractivity contribution in [3.63, 3.8) is 0 Å². The number of benzene rings is 1. The summed E-state index contributed by atoms with van der Waals surface area (Å²) in [7, 11) is 0. The minimum absolute atomic E-state index is 0.792. The molecule has 0 aliphatic carbocycles. The fraction of sp³-hybridized carbons (Fsp3) is 0.353. The average molecular weight is 254 g/mol. The third kappa shape index (κ3) is 3.57. The highest BCUT2D eigenvalue weighted by Gasteiger charge is 2.18. The predicted octanol–water partition coefficient (Wildman–Crippen LogP) is 3.86. The van der Waals surface area contributed by atoms with Crippen LogP contribution >= 0.6 is 0 Å². The second-order valence-electron chi connectivity index (χ2n) is 5.19. The number of rotatable bonds is 4. The van der Waals surface area contributed by atoms with E-state index in [2.05, 4.69) is 48.5 Å². The second kappa shape index (κ2) is 6.37.